The first-order valence-electron chi connectivity index (χ1n) is 7.64. The van der Waals surface area contributed by atoms with Crippen LogP contribution in [-0.4, -0.2) is 24.3 Å². The first kappa shape index (κ1) is 14.6. The summed E-state index contributed by atoms with van der Waals surface area (Å²) in [4.78, 5) is 11.0. The summed E-state index contributed by atoms with van der Waals surface area (Å²) in [5.74, 6) is 0.523. The summed E-state index contributed by atoms with van der Waals surface area (Å²) in [5.41, 5.74) is 4.01. The number of nitrogens with one attached hydrogen (secondary N) is 2. The van der Waals surface area contributed by atoms with Crippen LogP contribution in [0.1, 0.15) is 24.3 Å². The molecule has 0 spiro atoms. The van der Waals surface area contributed by atoms with Crippen molar-refractivity contribution in [2.75, 3.05) is 18.4 Å². The molecule has 4 heteroatoms. The zero-order valence-corrected chi connectivity index (χ0v) is 12.4. The van der Waals surface area contributed by atoms with E-state index in [1.807, 2.05) is 30.3 Å². The van der Waals surface area contributed by atoms with Crippen molar-refractivity contribution in [1.82, 2.24) is 5.32 Å². The van der Waals surface area contributed by atoms with E-state index in [-0.39, 0.29) is 0 Å². The number of rotatable bonds is 3. The molecule has 3 N–H and O–H groups in total. The molecule has 3 rings (SSSR count). The zero-order valence-electron chi connectivity index (χ0n) is 12.4. The average Bonchev–Trinajstić information content (AvgIpc) is 2.56. The number of para-hydroxylation sites is 1. The Morgan fingerprint density at radius 3 is 2.36 bits per heavy atom. The monoisotopic (exact) mass is 296 g/mol. The van der Waals surface area contributed by atoms with Crippen LogP contribution in [0.25, 0.3) is 11.1 Å². The Bertz CT molecular complexity index is 664. The van der Waals surface area contributed by atoms with Gasteiger partial charge in [-0.15, -0.1) is 0 Å². The number of hydrogen-bond acceptors (Lipinski definition) is 2. The molecule has 4 nitrogen and oxygen atoms in total. The Labute approximate surface area is 130 Å². The van der Waals surface area contributed by atoms with E-state index < -0.39 is 6.09 Å². The molecule has 1 aliphatic heterocycles. The molecule has 0 atom stereocenters. The van der Waals surface area contributed by atoms with Gasteiger partial charge in [0.2, 0.25) is 0 Å². The molecule has 1 heterocycles. The summed E-state index contributed by atoms with van der Waals surface area (Å²) in [7, 11) is 0. The van der Waals surface area contributed by atoms with Crippen LogP contribution >= 0.6 is 0 Å². The zero-order chi connectivity index (χ0) is 15.4. The fraction of sp³-hybridized carbons (Fsp3) is 0.278. The van der Waals surface area contributed by atoms with Crippen LogP contribution in [0.15, 0.2) is 48.5 Å². The van der Waals surface area contributed by atoms with Crippen LogP contribution in [-0.2, 0) is 0 Å². The van der Waals surface area contributed by atoms with Gasteiger partial charge in [0.15, 0.2) is 0 Å². The largest absolute Gasteiger partial charge is 0.465 e. The van der Waals surface area contributed by atoms with Crippen molar-refractivity contribution in [2.45, 2.75) is 18.8 Å². The third kappa shape index (κ3) is 3.12. The van der Waals surface area contributed by atoms with Crippen LogP contribution in [0.2, 0.25) is 0 Å². The van der Waals surface area contributed by atoms with Crippen molar-refractivity contribution >= 4 is 11.8 Å². The summed E-state index contributed by atoms with van der Waals surface area (Å²) in [6.07, 6.45) is 1.20. The van der Waals surface area contributed by atoms with E-state index in [0.29, 0.717) is 11.6 Å². The van der Waals surface area contributed by atoms with E-state index in [1.165, 1.54) is 5.56 Å². The number of piperidine rings is 1. The van der Waals surface area contributed by atoms with Gasteiger partial charge in [0.05, 0.1) is 5.69 Å². The molecule has 1 saturated heterocycles. The number of carboxylic acid groups (broad SMARTS) is 1. The summed E-state index contributed by atoms with van der Waals surface area (Å²) in [6.45, 7) is 2.07. The van der Waals surface area contributed by atoms with Gasteiger partial charge in [0.1, 0.15) is 0 Å². The third-order valence-electron chi connectivity index (χ3n) is 4.20. The summed E-state index contributed by atoms with van der Waals surface area (Å²) >= 11 is 0. The van der Waals surface area contributed by atoms with Gasteiger partial charge in [0, 0.05) is 5.56 Å². The molecule has 0 bridgehead atoms. The van der Waals surface area contributed by atoms with E-state index >= 15 is 0 Å². The van der Waals surface area contributed by atoms with Crippen LogP contribution in [0.5, 0.6) is 0 Å². The molecule has 1 aliphatic rings. The highest BCUT2D eigenvalue weighted by molar-refractivity contribution is 5.91. The smallest absolute Gasteiger partial charge is 0.409 e. The second-order valence-electron chi connectivity index (χ2n) is 5.59. The Kier molecular flexibility index (Phi) is 4.39. The molecule has 1 fully saturated rings. The van der Waals surface area contributed by atoms with Gasteiger partial charge in [-0.05, 0) is 49.0 Å². The van der Waals surface area contributed by atoms with Gasteiger partial charge in [-0.25, -0.2) is 4.79 Å². The Balaban J connectivity index is 2.03. The van der Waals surface area contributed by atoms with E-state index in [2.05, 4.69) is 28.8 Å². The van der Waals surface area contributed by atoms with E-state index in [1.54, 1.807) is 0 Å². The summed E-state index contributed by atoms with van der Waals surface area (Å²) in [6, 6.07) is 15.9. The highest BCUT2D eigenvalue weighted by Crippen LogP contribution is 2.37. The molecule has 1 amide bonds. The molecular formula is C18H20N2O2. The summed E-state index contributed by atoms with van der Waals surface area (Å²) < 4.78 is 0. The van der Waals surface area contributed by atoms with Crippen molar-refractivity contribution in [2.24, 2.45) is 0 Å². The molecule has 22 heavy (non-hydrogen) atoms. The van der Waals surface area contributed by atoms with Crippen molar-refractivity contribution in [3.8, 4) is 11.1 Å². The highest BCUT2D eigenvalue weighted by Gasteiger charge is 2.19. The first-order valence-corrected chi connectivity index (χ1v) is 7.64. The lowest BCUT2D eigenvalue weighted by Gasteiger charge is -2.25. The number of carbonyl (C=O) groups is 1. The van der Waals surface area contributed by atoms with Crippen LogP contribution < -0.4 is 10.6 Å². The van der Waals surface area contributed by atoms with Gasteiger partial charge in [0.25, 0.3) is 0 Å². The summed E-state index contributed by atoms with van der Waals surface area (Å²) in [5, 5.41) is 14.9. The number of hydrogen-bond donors (Lipinski definition) is 3. The number of anilines is 1. The molecule has 0 unspecified atom stereocenters. The van der Waals surface area contributed by atoms with Gasteiger partial charge < -0.3 is 10.4 Å². The van der Waals surface area contributed by atoms with E-state index in [0.717, 1.165) is 37.1 Å². The van der Waals surface area contributed by atoms with Crippen molar-refractivity contribution in [3.63, 3.8) is 0 Å². The third-order valence-corrected chi connectivity index (χ3v) is 4.20. The fourth-order valence-electron chi connectivity index (χ4n) is 3.17. The minimum Gasteiger partial charge on any atom is -0.465 e. The molecular weight excluding hydrogens is 276 g/mol. The average molecular weight is 296 g/mol. The maximum Gasteiger partial charge on any atom is 0.409 e. The van der Waals surface area contributed by atoms with E-state index in [4.69, 9.17) is 5.11 Å². The van der Waals surface area contributed by atoms with E-state index in [9.17, 15) is 4.79 Å². The van der Waals surface area contributed by atoms with Gasteiger partial charge >= 0.3 is 6.09 Å². The van der Waals surface area contributed by atoms with Gasteiger partial charge in [-0.2, -0.15) is 0 Å². The molecule has 114 valence electrons. The lowest BCUT2D eigenvalue weighted by Crippen LogP contribution is -2.26. The standard InChI is InChI=1S/C18H20N2O2/c21-18(22)20-17-8-4-3-7-16(17)15-6-2-1-5-14(15)13-9-11-19-12-10-13/h1-8,13,19-20H,9-12H2,(H,21,22). The SMILES string of the molecule is O=C(O)Nc1ccccc1-c1ccccc1C1CCNCC1. The quantitative estimate of drug-likeness (QED) is 0.804. The molecule has 2 aromatic carbocycles. The van der Waals surface area contributed by atoms with Crippen molar-refractivity contribution < 1.29 is 9.90 Å². The molecule has 0 radical (unpaired) electrons. The Morgan fingerprint density at radius 2 is 1.64 bits per heavy atom. The molecule has 2 aromatic rings. The predicted molar refractivity (Wildman–Crippen MR) is 88.4 cm³/mol. The van der Waals surface area contributed by atoms with Crippen molar-refractivity contribution in [1.29, 1.82) is 0 Å². The molecule has 0 saturated carbocycles. The highest BCUT2D eigenvalue weighted by atomic mass is 16.4. The maximum absolute atomic E-state index is 11.0. The van der Waals surface area contributed by atoms with Gasteiger partial charge in [-0.3, -0.25) is 5.32 Å². The topological polar surface area (TPSA) is 61.4 Å². The fourth-order valence-corrected chi connectivity index (χ4v) is 3.17. The number of benzene rings is 2. The minimum absolute atomic E-state index is 0.523. The molecule has 0 aromatic heterocycles. The van der Waals surface area contributed by atoms with Crippen LogP contribution in [0.3, 0.4) is 0 Å². The van der Waals surface area contributed by atoms with Crippen LogP contribution in [0.4, 0.5) is 10.5 Å². The normalized spacial score (nSPS) is 15.5. The Morgan fingerprint density at radius 1 is 1.00 bits per heavy atom. The molecule has 0 aliphatic carbocycles. The second kappa shape index (κ2) is 6.62. The number of amides is 1. The first-order chi connectivity index (χ1) is 10.8. The maximum atomic E-state index is 11.0. The van der Waals surface area contributed by atoms with Gasteiger partial charge in [-0.1, -0.05) is 42.5 Å². The predicted octanol–water partition coefficient (Wildman–Crippen LogP) is 3.91. The second-order valence-corrected chi connectivity index (χ2v) is 5.59. The minimum atomic E-state index is -1.04. The lowest BCUT2D eigenvalue weighted by atomic mass is 9.84. The van der Waals surface area contributed by atoms with Crippen molar-refractivity contribution in [3.05, 3.63) is 54.1 Å². The Hall–Kier alpha value is -2.33. The lowest BCUT2D eigenvalue weighted by molar-refractivity contribution is 0.210. The van der Waals surface area contributed by atoms with Crippen LogP contribution in [0, 0.1) is 0 Å².